The summed E-state index contributed by atoms with van der Waals surface area (Å²) in [6, 6.07) is 32.9. The topological polar surface area (TPSA) is 99.1 Å². The standard InChI is InChI=1S/C28H29N3O2/c29-21-25(27(30)33)26(32)19-11-4-12-20-31-28(22-13-5-1-6-14-22,23-15-7-2-8-16-23)24-17-9-3-10-18-24/h1-3,5-10,13-18,31-32H,4,11-12,19-20H2,(H2,30,33)/b26-25-. The summed E-state index contributed by atoms with van der Waals surface area (Å²) in [6.45, 7) is 0.740. The maximum atomic E-state index is 11.2. The van der Waals surface area contributed by atoms with Crippen LogP contribution in [0, 0.1) is 11.3 Å². The molecule has 5 nitrogen and oxygen atoms in total. The molecule has 0 aromatic heterocycles. The summed E-state index contributed by atoms with van der Waals surface area (Å²) in [4.78, 5) is 11.2. The molecular weight excluding hydrogens is 410 g/mol. The maximum absolute atomic E-state index is 11.2. The van der Waals surface area contributed by atoms with Gasteiger partial charge in [-0.2, -0.15) is 5.26 Å². The first-order chi connectivity index (χ1) is 16.1. The molecule has 1 amide bonds. The highest BCUT2D eigenvalue weighted by molar-refractivity contribution is 5.96. The van der Waals surface area contributed by atoms with Gasteiger partial charge in [-0.15, -0.1) is 0 Å². The number of aliphatic hydroxyl groups excluding tert-OH is 1. The number of primary amides is 1. The van der Waals surface area contributed by atoms with Crippen molar-refractivity contribution in [3.63, 3.8) is 0 Å². The second kappa shape index (κ2) is 11.7. The third-order valence-corrected chi connectivity index (χ3v) is 5.75. The van der Waals surface area contributed by atoms with E-state index in [1.807, 2.05) is 18.2 Å². The molecule has 3 aromatic rings. The lowest BCUT2D eigenvalue weighted by Gasteiger charge is -2.37. The van der Waals surface area contributed by atoms with Gasteiger partial charge in [-0.25, -0.2) is 0 Å². The largest absolute Gasteiger partial charge is 0.511 e. The third-order valence-electron chi connectivity index (χ3n) is 5.75. The predicted octanol–water partition coefficient (Wildman–Crippen LogP) is 4.95. The van der Waals surface area contributed by atoms with Crippen LogP contribution in [0.5, 0.6) is 0 Å². The Kier molecular flexibility index (Phi) is 8.40. The zero-order chi connectivity index (χ0) is 23.5. The van der Waals surface area contributed by atoms with Crippen LogP contribution in [-0.4, -0.2) is 17.6 Å². The third kappa shape index (κ3) is 5.68. The fourth-order valence-electron chi connectivity index (χ4n) is 4.13. The molecule has 0 aliphatic rings. The molecule has 0 spiro atoms. The molecule has 0 radical (unpaired) electrons. The number of nitriles is 1. The van der Waals surface area contributed by atoms with Crippen LogP contribution in [0.3, 0.4) is 0 Å². The molecule has 0 aliphatic carbocycles. The molecule has 3 rings (SSSR count). The van der Waals surface area contributed by atoms with Crippen molar-refractivity contribution in [3.05, 3.63) is 119 Å². The molecule has 0 fully saturated rings. The van der Waals surface area contributed by atoms with E-state index in [-0.39, 0.29) is 17.8 Å². The van der Waals surface area contributed by atoms with Crippen LogP contribution in [0.15, 0.2) is 102 Å². The van der Waals surface area contributed by atoms with E-state index < -0.39 is 11.4 Å². The van der Waals surface area contributed by atoms with Gasteiger partial charge in [-0.1, -0.05) is 97.4 Å². The predicted molar refractivity (Wildman–Crippen MR) is 130 cm³/mol. The quantitative estimate of drug-likeness (QED) is 0.129. The van der Waals surface area contributed by atoms with Crippen molar-refractivity contribution >= 4 is 5.91 Å². The Bertz CT molecular complexity index is 1010. The number of nitrogens with one attached hydrogen (secondary N) is 1. The minimum Gasteiger partial charge on any atom is -0.511 e. The number of hydrogen-bond acceptors (Lipinski definition) is 4. The lowest BCUT2D eigenvalue weighted by Crippen LogP contribution is -2.45. The lowest BCUT2D eigenvalue weighted by atomic mass is 9.77. The number of carbonyl (C=O) groups is 1. The number of benzene rings is 3. The molecule has 0 unspecified atom stereocenters. The monoisotopic (exact) mass is 439 g/mol. The Balaban J connectivity index is 1.79. The first kappa shape index (κ1) is 23.8. The normalized spacial score (nSPS) is 12.0. The van der Waals surface area contributed by atoms with Crippen LogP contribution in [0.25, 0.3) is 0 Å². The van der Waals surface area contributed by atoms with Gasteiger partial charge in [-0.3, -0.25) is 10.1 Å². The van der Waals surface area contributed by atoms with E-state index in [9.17, 15) is 9.90 Å². The minimum absolute atomic E-state index is 0.231. The second-order valence-corrected chi connectivity index (χ2v) is 7.88. The van der Waals surface area contributed by atoms with Gasteiger partial charge in [0.2, 0.25) is 0 Å². The Labute approximate surface area is 195 Å². The van der Waals surface area contributed by atoms with Crippen molar-refractivity contribution in [1.29, 1.82) is 5.26 Å². The Morgan fingerprint density at radius 3 is 1.67 bits per heavy atom. The van der Waals surface area contributed by atoms with Crippen LogP contribution >= 0.6 is 0 Å². The lowest BCUT2D eigenvalue weighted by molar-refractivity contribution is -0.114. The van der Waals surface area contributed by atoms with Gasteiger partial charge in [0, 0.05) is 6.42 Å². The highest BCUT2D eigenvalue weighted by atomic mass is 16.3. The summed E-state index contributed by atoms with van der Waals surface area (Å²) in [6.07, 6.45) is 2.59. The van der Waals surface area contributed by atoms with Gasteiger partial charge in [0.15, 0.2) is 5.57 Å². The molecule has 0 heterocycles. The van der Waals surface area contributed by atoms with Crippen LogP contribution in [0.2, 0.25) is 0 Å². The number of nitrogens with two attached hydrogens (primary N) is 1. The maximum Gasteiger partial charge on any atom is 0.262 e. The van der Waals surface area contributed by atoms with Crippen molar-refractivity contribution in [2.75, 3.05) is 6.54 Å². The van der Waals surface area contributed by atoms with Gasteiger partial charge in [0.05, 0.1) is 5.54 Å². The first-order valence-electron chi connectivity index (χ1n) is 11.1. The average molecular weight is 440 g/mol. The SMILES string of the molecule is N#C/C(C(N)=O)=C(/O)CCCCCNC(c1ccccc1)(c1ccccc1)c1ccccc1. The molecule has 33 heavy (non-hydrogen) atoms. The fourth-order valence-corrected chi connectivity index (χ4v) is 4.13. The van der Waals surface area contributed by atoms with Crippen LogP contribution < -0.4 is 11.1 Å². The van der Waals surface area contributed by atoms with Gasteiger partial charge in [0.1, 0.15) is 11.8 Å². The van der Waals surface area contributed by atoms with Crippen molar-refractivity contribution in [1.82, 2.24) is 5.32 Å². The number of nitrogens with zero attached hydrogens (tertiary/aromatic N) is 1. The molecule has 0 aliphatic heterocycles. The number of unbranched alkanes of at least 4 members (excludes halogenated alkanes) is 2. The number of allylic oxidation sites excluding steroid dienone is 1. The van der Waals surface area contributed by atoms with E-state index in [4.69, 9.17) is 11.0 Å². The summed E-state index contributed by atoms with van der Waals surface area (Å²) in [5.74, 6) is -1.12. The van der Waals surface area contributed by atoms with Gasteiger partial charge >= 0.3 is 0 Å². The molecule has 4 N–H and O–H groups in total. The summed E-state index contributed by atoms with van der Waals surface area (Å²) >= 11 is 0. The summed E-state index contributed by atoms with van der Waals surface area (Å²) < 4.78 is 0. The zero-order valence-electron chi connectivity index (χ0n) is 18.6. The second-order valence-electron chi connectivity index (χ2n) is 7.88. The van der Waals surface area contributed by atoms with Crippen molar-refractivity contribution < 1.29 is 9.90 Å². The summed E-state index contributed by atoms with van der Waals surface area (Å²) in [5.41, 5.74) is 7.73. The Morgan fingerprint density at radius 2 is 1.27 bits per heavy atom. The summed E-state index contributed by atoms with van der Waals surface area (Å²) in [5, 5.41) is 22.7. The zero-order valence-corrected chi connectivity index (χ0v) is 18.6. The number of rotatable bonds is 11. The van der Waals surface area contributed by atoms with Gasteiger partial charge in [0.25, 0.3) is 5.91 Å². The van der Waals surface area contributed by atoms with Crippen LogP contribution in [0.1, 0.15) is 42.4 Å². The molecule has 0 bridgehead atoms. The van der Waals surface area contributed by atoms with E-state index in [1.165, 1.54) is 0 Å². The Morgan fingerprint density at radius 1 is 0.818 bits per heavy atom. The van der Waals surface area contributed by atoms with Gasteiger partial charge < -0.3 is 10.8 Å². The van der Waals surface area contributed by atoms with Crippen LogP contribution in [-0.2, 0) is 10.3 Å². The average Bonchev–Trinajstić information content (AvgIpc) is 2.85. The van der Waals surface area contributed by atoms with E-state index in [0.717, 1.165) is 36.1 Å². The molecule has 5 heteroatoms. The highest BCUT2D eigenvalue weighted by Gasteiger charge is 2.35. The van der Waals surface area contributed by atoms with Gasteiger partial charge in [-0.05, 0) is 36.1 Å². The highest BCUT2D eigenvalue weighted by Crippen LogP contribution is 2.36. The van der Waals surface area contributed by atoms with E-state index >= 15 is 0 Å². The van der Waals surface area contributed by atoms with E-state index in [2.05, 4.69) is 78.1 Å². The molecule has 0 saturated carbocycles. The first-order valence-corrected chi connectivity index (χ1v) is 11.1. The van der Waals surface area contributed by atoms with Crippen molar-refractivity contribution in [3.8, 4) is 6.07 Å². The fraction of sp³-hybridized carbons (Fsp3) is 0.214. The molecule has 168 valence electrons. The van der Waals surface area contributed by atoms with Crippen molar-refractivity contribution in [2.45, 2.75) is 31.2 Å². The minimum atomic E-state index is -0.893. The number of aliphatic hydroxyl groups is 1. The number of carbonyl (C=O) groups excluding carboxylic acids is 1. The van der Waals surface area contributed by atoms with Crippen molar-refractivity contribution in [2.24, 2.45) is 5.73 Å². The molecule has 3 aromatic carbocycles. The Hall–Kier alpha value is -3.88. The van der Waals surface area contributed by atoms with Crippen LogP contribution in [0.4, 0.5) is 0 Å². The summed E-state index contributed by atoms with van der Waals surface area (Å²) in [7, 11) is 0. The smallest absolute Gasteiger partial charge is 0.262 e. The van der Waals surface area contributed by atoms with E-state index in [0.29, 0.717) is 6.42 Å². The van der Waals surface area contributed by atoms with E-state index in [1.54, 1.807) is 6.07 Å². The molecule has 0 saturated heterocycles. The molecule has 0 atom stereocenters. The number of amides is 1. The molecular formula is C28H29N3O2. The number of hydrogen-bond donors (Lipinski definition) is 3.